The number of nitrogens with zero attached hydrogens (tertiary/aromatic N) is 3. The Morgan fingerprint density at radius 2 is 2.00 bits per heavy atom. The molecule has 1 aromatic carbocycles. The highest BCUT2D eigenvalue weighted by Gasteiger charge is 2.05. The van der Waals surface area contributed by atoms with Crippen LogP contribution in [-0.4, -0.2) is 35.1 Å². The first-order valence-electron chi connectivity index (χ1n) is 7.06. The molecule has 112 valence electrons. The number of hydrogen-bond acceptors (Lipinski definition) is 3. The lowest BCUT2D eigenvalue weighted by molar-refractivity contribution is -0.104. The minimum Gasteiger partial charge on any atom is -0.382 e. The van der Waals surface area contributed by atoms with Crippen molar-refractivity contribution in [2.75, 3.05) is 14.1 Å². The van der Waals surface area contributed by atoms with Gasteiger partial charge in [0.05, 0.1) is 17.4 Å². The van der Waals surface area contributed by atoms with E-state index >= 15 is 0 Å². The molecule has 0 bridgehead atoms. The van der Waals surface area contributed by atoms with E-state index in [0.717, 1.165) is 22.9 Å². The molecule has 0 radical (unpaired) electrons. The lowest BCUT2D eigenvalue weighted by Gasteiger charge is -2.10. The number of rotatable bonds is 4. The first-order valence-corrected chi connectivity index (χ1v) is 7.06. The van der Waals surface area contributed by atoms with Gasteiger partial charge in [0.2, 0.25) is 0 Å². The summed E-state index contributed by atoms with van der Waals surface area (Å²) >= 11 is 0. The molecule has 0 amide bonds. The summed E-state index contributed by atoms with van der Waals surface area (Å²) in [6.07, 6.45) is 7.74. The fourth-order valence-corrected chi connectivity index (χ4v) is 1.93. The molecule has 0 atom stereocenters. The van der Waals surface area contributed by atoms with Crippen LogP contribution in [0.2, 0.25) is 0 Å². The zero-order valence-corrected chi connectivity index (χ0v) is 13.4. The zero-order chi connectivity index (χ0) is 15.8. The topological polar surface area (TPSA) is 38.1 Å². The van der Waals surface area contributed by atoms with Gasteiger partial charge in [-0.3, -0.25) is 4.79 Å². The molecule has 4 nitrogen and oxygen atoms in total. The van der Waals surface area contributed by atoms with Crippen LogP contribution in [0.4, 0.5) is 0 Å². The van der Waals surface area contributed by atoms with Gasteiger partial charge < -0.3 is 4.90 Å². The largest absolute Gasteiger partial charge is 0.382 e. The molecule has 21 heavy (non-hydrogen) atoms. The summed E-state index contributed by atoms with van der Waals surface area (Å²) < 4.78 is 1.83. The monoisotopic (exact) mass is 285 g/mol. The van der Waals surface area contributed by atoms with Gasteiger partial charge in [-0.2, -0.15) is 5.10 Å². The van der Waals surface area contributed by atoms with Crippen LogP contribution in [0, 0.1) is 6.92 Å². The predicted octanol–water partition coefficient (Wildman–Crippen LogP) is 3.49. The van der Waals surface area contributed by atoms with Gasteiger partial charge in [0.25, 0.3) is 0 Å². The highest BCUT2D eigenvalue weighted by atomic mass is 16.1. The van der Waals surface area contributed by atoms with Gasteiger partial charge in [-0.05, 0) is 31.2 Å². The number of carbonyl (C=O) groups is 1. The van der Waals surface area contributed by atoms with Crippen LogP contribution in [0.25, 0.3) is 16.6 Å². The molecule has 2 rings (SSSR count). The Balaban J connectivity index is 0.00000106. The second kappa shape index (κ2) is 8.04. The van der Waals surface area contributed by atoms with E-state index in [2.05, 4.69) is 24.2 Å². The quantitative estimate of drug-likeness (QED) is 0.490. The average molecular weight is 285 g/mol. The molecule has 2 aromatic rings. The number of hydrogen-bond donors (Lipinski definition) is 0. The van der Waals surface area contributed by atoms with E-state index in [9.17, 15) is 4.79 Å². The van der Waals surface area contributed by atoms with E-state index in [1.165, 1.54) is 11.6 Å². The minimum absolute atomic E-state index is 0.763. The molecule has 0 fully saturated rings. The van der Waals surface area contributed by atoms with E-state index in [1.807, 2.05) is 56.0 Å². The van der Waals surface area contributed by atoms with Gasteiger partial charge >= 0.3 is 0 Å². The number of benzene rings is 1. The van der Waals surface area contributed by atoms with Crippen LogP contribution in [-0.2, 0) is 4.79 Å². The molecular formula is C17H23N3O. The van der Waals surface area contributed by atoms with E-state index in [1.54, 1.807) is 6.08 Å². The molecule has 0 saturated carbocycles. The lowest BCUT2D eigenvalue weighted by Crippen LogP contribution is -2.06. The minimum atomic E-state index is 0.763. The Labute approximate surface area is 126 Å². The van der Waals surface area contributed by atoms with Crippen molar-refractivity contribution in [3.8, 4) is 0 Å². The van der Waals surface area contributed by atoms with Crippen molar-refractivity contribution in [3.05, 3.63) is 48.3 Å². The Morgan fingerprint density at radius 3 is 2.62 bits per heavy atom. The van der Waals surface area contributed by atoms with Crippen molar-refractivity contribution < 1.29 is 4.79 Å². The van der Waals surface area contributed by atoms with Crippen LogP contribution >= 0.6 is 0 Å². The van der Waals surface area contributed by atoms with Gasteiger partial charge in [0.15, 0.2) is 0 Å². The van der Waals surface area contributed by atoms with Crippen molar-refractivity contribution in [1.29, 1.82) is 0 Å². The molecule has 4 heteroatoms. The van der Waals surface area contributed by atoms with E-state index < -0.39 is 0 Å². The van der Waals surface area contributed by atoms with Crippen LogP contribution in [0.5, 0.6) is 0 Å². The number of allylic oxidation sites excluding steroid dienone is 3. The number of aryl methyl sites for hydroxylation is 1. The summed E-state index contributed by atoms with van der Waals surface area (Å²) in [5, 5.41) is 5.48. The van der Waals surface area contributed by atoms with Gasteiger partial charge in [-0.15, -0.1) is 0 Å². The Hall–Kier alpha value is -2.36. The molecule has 0 aliphatic heterocycles. The molecular weight excluding hydrogens is 262 g/mol. The van der Waals surface area contributed by atoms with Crippen molar-refractivity contribution in [1.82, 2.24) is 14.7 Å². The molecule has 0 N–H and O–H groups in total. The maximum Gasteiger partial charge on any atom is 0.142 e. The summed E-state index contributed by atoms with van der Waals surface area (Å²) in [7, 11) is 3.87. The molecule has 0 spiro atoms. The number of aldehydes is 1. The first-order chi connectivity index (χ1) is 10.1. The van der Waals surface area contributed by atoms with Crippen molar-refractivity contribution >= 4 is 22.9 Å². The summed E-state index contributed by atoms with van der Waals surface area (Å²) in [5.74, 6) is 0. The van der Waals surface area contributed by atoms with Crippen molar-refractivity contribution in [2.24, 2.45) is 0 Å². The number of fused-ring (bicyclic) bond motifs is 1. The predicted molar refractivity (Wildman–Crippen MR) is 89.0 cm³/mol. The van der Waals surface area contributed by atoms with E-state index in [-0.39, 0.29) is 0 Å². The Kier molecular flexibility index (Phi) is 6.40. The highest BCUT2D eigenvalue weighted by Crippen LogP contribution is 2.19. The Morgan fingerprint density at radius 1 is 1.29 bits per heavy atom. The molecule has 0 unspecified atom stereocenters. The van der Waals surface area contributed by atoms with Crippen LogP contribution in [0.1, 0.15) is 19.4 Å². The average Bonchev–Trinajstić information content (AvgIpc) is 2.88. The van der Waals surface area contributed by atoms with Gasteiger partial charge in [-0.1, -0.05) is 25.5 Å². The van der Waals surface area contributed by atoms with Crippen molar-refractivity contribution in [3.63, 3.8) is 0 Å². The highest BCUT2D eigenvalue weighted by molar-refractivity contribution is 5.84. The number of carbonyl (C=O) groups excluding carboxylic acids is 1. The van der Waals surface area contributed by atoms with E-state index in [0.29, 0.717) is 0 Å². The molecule has 1 aromatic heterocycles. The maximum atomic E-state index is 10.5. The third-order valence-electron chi connectivity index (χ3n) is 2.70. The number of aromatic nitrogens is 2. The third kappa shape index (κ3) is 4.31. The first kappa shape index (κ1) is 16.7. The molecule has 0 saturated heterocycles. The summed E-state index contributed by atoms with van der Waals surface area (Å²) in [4.78, 5) is 12.4. The molecule has 1 heterocycles. The standard InChI is InChI=1S/C15H17N3O.C2H6/c1-12-6-7-15-13(9-12)10-16-18(15)14(5-4-8-19)11-17(2)3;1-2/h4-11H,1-3H3;1-2H3/b5-4-,14-11+;. The maximum absolute atomic E-state index is 10.5. The second-order valence-corrected chi connectivity index (χ2v) is 4.63. The fourth-order valence-electron chi connectivity index (χ4n) is 1.93. The summed E-state index contributed by atoms with van der Waals surface area (Å²) in [5.41, 5.74) is 3.07. The lowest BCUT2D eigenvalue weighted by atomic mass is 10.2. The molecule has 0 aliphatic carbocycles. The van der Waals surface area contributed by atoms with Crippen molar-refractivity contribution in [2.45, 2.75) is 20.8 Å². The summed E-state index contributed by atoms with van der Waals surface area (Å²) in [6, 6.07) is 6.18. The van der Waals surface area contributed by atoms with Crippen LogP contribution in [0.15, 0.2) is 42.7 Å². The van der Waals surface area contributed by atoms with E-state index in [4.69, 9.17) is 0 Å². The molecule has 0 aliphatic rings. The van der Waals surface area contributed by atoms with Gasteiger partial charge in [0, 0.05) is 25.7 Å². The second-order valence-electron chi connectivity index (χ2n) is 4.63. The smallest absolute Gasteiger partial charge is 0.142 e. The summed E-state index contributed by atoms with van der Waals surface area (Å²) in [6.45, 7) is 6.06. The van der Waals surface area contributed by atoms with Gasteiger partial charge in [0.1, 0.15) is 6.29 Å². The third-order valence-corrected chi connectivity index (χ3v) is 2.70. The Bertz CT molecular complexity index is 651. The SMILES string of the molecule is CC.Cc1ccc2c(cnn2C(/C=C\C=O)=C/N(C)C)c1. The normalized spacial score (nSPS) is 11.4. The van der Waals surface area contributed by atoms with Crippen LogP contribution < -0.4 is 0 Å². The van der Waals surface area contributed by atoms with Gasteiger partial charge in [-0.25, -0.2) is 4.68 Å². The van der Waals surface area contributed by atoms with Crippen LogP contribution in [0.3, 0.4) is 0 Å². The fraction of sp³-hybridized carbons (Fsp3) is 0.294. The zero-order valence-electron chi connectivity index (χ0n) is 13.4.